The minimum absolute atomic E-state index is 0.0778. The maximum absolute atomic E-state index is 12.4. The summed E-state index contributed by atoms with van der Waals surface area (Å²) in [6.45, 7) is 0. The van der Waals surface area contributed by atoms with E-state index in [2.05, 4.69) is 20.9 Å². The molecule has 6 heteroatoms. The molecule has 0 saturated heterocycles. The van der Waals surface area contributed by atoms with Gasteiger partial charge in [-0.05, 0) is 27.5 Å². The van der Waals surface area contributed by atoms with E-state index < -0.39 is 17.2 Å². The van der Waals surface area contributed by atoms with Crippen LogP contribution in [0.15, 0.2) is 16.9 Å². The van der Waals surface area contributed by atoms with Crippen LogP contribution in [0.25, 0.3) is 0 Å². The van der Waals surface area contributed by atoms with Gasteiger partial charge in [0.05, 0.1) is 5.56 Å². The lowest BCUT2D eigenvalue weighted by Crippen LogP contribution is -2.00. The number of nitrogens with zero attached hydrogens (tertiary/aromatic N) is 1. The summed E-state index contributed by atoms with van der Waals surface area (Å²) < 4.78 is 24.8. The van der Waals surface area contributed by atoms with Gasteiger partial charge in [-0.25, -0.2) is 8.78 Å². The molecule has 1 heterocycles. The first kappa shape index (κ1) is 10.5. The summed E-state index contributed by atoms with van der Waals surface area (Å²) in [5.74, 6) is 0. The number of carbonyl (C=O) groups is 1. The van der Waals surface area contributed by atoms with Crippen molar-refractivity contribution in [2.24, 2.45) is 0 Å². The van der Waals surface area contributed by atoms with Crippen LogP contribution >= 0.6 is 27.5 Å². The standard InChI is InChI=1S/C7H3BrClF2NO/c8-4-2-12-1-3(6(9)13)5(4)7(10)11/h1-2,7H. The largest absolute Gasteiger partial charge is 0.276 e. The first-order valence-corrected chi connectivity index (χ1v) is 4.32. The molecule has 1 aromatic heterocycles. The molecule has 0 aliphatic carbocycles. The van der Waals surface area contributed by atoms with Crippen molar-refractivity contribution < 1.29 is 13.6 Å². The highest BCUT2D eigenvalue weighted by molar-refractivity contribution is 9.10. The number of hydrogen-bond acceptors (Lipinski definition) is 2. The fourth-order valence-corrected chi connectivity index (χ4v) is 1.48. The lowest BCUT2D eigenvalue weighted by molar-refractivity contribution is 0.106. The SMILES string of the molecule is O=C(Cl)c1cncc(Br)c1C(F)F. The van der Waals surface area contributed by atoms with Crippen molar-refractivity contribution in [1.82, 2.24) is 4.98 Å². The molecule has 1 aromatic rings. The minimum atomic E-state index is -2.75. The number of aromatic nitrogens is 1. The Hall–Kier alpha value is -0.550. The second-order valence-electron chi connectivity index (χ2n) is 2.16. The van der Waals surface area contributed by atoms with Gasteiger partial charge in [0.25, 0.3) is 11.7 Å². The molecule has 13 heavy (non-hydrogen) atoms. The van der Waals surface area contributed by atoms with Gasteiger partial charge >= 0.3 is 0 Å². The van der Waals surface area contributed by atoms with E-state index in [1.54, 1.807) is 0 Å². The Bertz CT molecular complexity index is 345. The van der Waals surface area contributed by atoms with Crippen molar-refractivity contribution in [3.63, 3.8) is 0 Å². The topological polar surface area (TPSA) is 30.0 Å². The summed E-state index contributed by atoms with van der Waals surface area (Å²) >= 11 is 7.95. The van der Waals surface area contributed by atoms with Crippen molar-refractivity contribution >= 4 is 32.8 Å². The molecule has 0 radical (unpaired) electrons. The smallest absolute Gasteiger partial charge is 0.265 e. The number of carbonyl (C=O) groups excluding carboxylic acids is 1. The van der Waals surface area contributed by atoms with Gasteiger partial charge in [0, 0.05) is 22.4 Å². The fraction of sp³-hybridized carbons (Fsp3) is 0.143. The monoisotopic (exact) mass is 269 g/mol. The highest BCUT2D eigenvalue weighted by atomic mass is 79.9. The molecule has 0 atom stereocenters. The van der Waals surface area contributed by atoms with Crippen molar-refractivity contribution in [3.05, 3.63) is 28.0 Å². The first-order chi connectivity index (χ1) is 6.04. The van der Waals surface area contributed by atoms with Gasteiger partial charge in [0.2, 0.25) is 0 Å². The van der Waals surface area contributed by atoms with Crippen LogP contribution in [0, 0.1) is 0 Å². The highest BCUT2D eigenvalue weighted by Gasteiger charge is 2.20. The number of rotatable bonds is 2. The Kier molecular flexibility index (Phi) is 3.33. The van der Waals surface area contributed by atoms with E-state index in [4.69, 9.17) is 11.6 Å². The molecular formula is C7H3BrClF2NO. The number of alkyl halides is 2. The molecule has 2 nitrogen and oxygen atoms in total. The van der Waals surface area contributed by atoms with Gasteiger partial charge < -0.3 is 0 Å². The van der Waals surface area contributed by atoms with Crippen LogP contribution in [0.2, 0.25) is 0 Å². The van der Waals surface area contributed by atoms with Crippen LogP contribution in [-0.4, -0.2) is 10.2 Å². The Morgan fingerprint density at radius 3 is 2.54 bits per heavy atom. The summed E-state index contributed by atoms with van der Waals surface area (Å²) in [5.41, 5.74) is -0.693. The zero-order valence-corrected chi connectivity index (χ0v) is 8.44. The average Bonchev–Trinajstić information content (AvgIpc) is 2.02. The zero-order valence-electron chi connectivity index (χ0n) is 6.10. The predicted octanol–water partition coefficient (Wildman–Crippen LogP) is 3.16. The van der Waals surface area contributed by atoms with E-state index in [-0.39, 0.29) is 10.0 Å². The molecule has 0 unspecified atom stereocenters. The molecule has 1 rings (SSSR count). The second kappa shape index (κ2) is 4.11. The van der Waals surface area contributed by atoms with Crippen LogP contribution in [-0.2, 0) is 0 Å². The van der Waals surface area contributed by atoms with Gasteiger partial charge in [-0.2, -0.15) is 0 Å². The number of halogens is 4. The van der Waals surface area contributed by atoms with E-state index in [0.717, 1.165) is 6.20 Å². The van der Waals surface area contributed by atoms with Gasteiger partial charge in [0.1, 0.15) is 0 Å². The van der Waals surface area contributed by atoms with Gasteiger partial charge in [-0.1, -0.05) is 0 Å². The molecule has 0 amide bonds. The molecule has 0 N–H and O–H groups in total. The summed E-state index contributed by atoms with van der Waals surface area (Å²) in [4.78, 5) is 14.3. The molecule has 70 valence electrons. The van der Waals surface area contributed by atoms with Crippen LogP contribution < -0.4 is 0 Å². The van der Waals surface area contributed by atoms with Crippen LogP contribution in [0.4, 0.5) is 8.78 Å². The van der Waals surface area contributed by atoms with Gasteiger partial charge in [-0.15, -0.1) is 0 Å². The van der Waals surface area contributed by atoms with E-state index in [0.29, 0.717) is 0 Å². The lowest BCUT2D eigenvalue weighted by Gasteiger charge is -2.05. The summed E-state index contributed by atoms with van der Waals surface area (Å²) in [6.07, 6.45) is -0.554. The number of pyridine rings is 1. The van der Waals surface area contributed by atoms with E-state index >= 15 is 0 Å². The highest BCUT2D eigenvalue weighted by Crippen LogP contribution is 2.30. The van der Waals surface area contributed by atoms with Crippen molar-refractivity contribution in [3.8, 4) is 0 Å². The second-order valence-corrected chi connectivity index (χ2v) is 3.35. The first-order valence-electron chi connectivity index (χ1n) is 3.15. The Balaban J connectivity index is 3.34. The Labute approximate surface area is 86.0 Å². The average molecular weight is 270 g/mol. The summed E-state index contributed by atoms with van der Waals surface area (Å²) in [7, 11) is 0. The normalized spacial score (nSPS) is 10.5. The van der Waals surface area contributed by atoms with Gasteiger partial charge in [0.15, 0.2) is 0 Å². The summed E-state index contributed by atoms with van der Waals surface area (Å²) in [5, 5.41) is -0.941. The van der Waals surface area contributed by atoms with E-state index in [9.17, 15) is 13.6 Å². The molecule has 0 saturated carbocycles. The summed E-state index contributed by atoms with van der Waals surface area (Å²) in [6, 6.07) is 0. The van der Waals surface area contributed by atoms with Crippen LogP contribution in [0.1, 0.15) is 22.3 Å². The third-order valence-corrected chi connectivity index (χ3v) is 2.20. The predicted molar refractivity (Wildman–Crippen MR) is 47.1 cm³/mol. The fourth-order valence-electron chi connectivity index (χ4n) is 0.823. The van der Waals surface area contributed by atoms with Crippen molar-refractivity contribution in [2.45, 2.75) is 6.43 Å². The molecule has 0 aliphatic rings. The van der Waals surface area contributed by atoms with Gasteiger partial charge in [-0.3, -0.25) is 9.78 Å². The molecule has 0 aliphatic heterocycles. The molecule has 0 aromatic carbocycles. The third-order valence-electron chi connectivity index (χ3n) is 1.37. The molecular weight excluding hydrogens is 267 g/mol. The zero-order chi connectivity index (χ0) is 10.0. The maximum Gasteiger partial charge on any atom is 0.265 e. The van der Waals surface area contributed by atoms with Crippen molar-refractivity contribution in [1.29, 1.82) is 0 Å². The maximum atomic E-state index is 12.4. The third kappa shape index (κ3) is 2.22. The quantitative estimate of drug-likeness (QED) is 0.773. The van der Waals surface area contributed by atoms with E-state index in [1.165, 1.54) is 6.20 Å². The lowest BCUT2D eigenvalue weighted by atomic mass is 10.1. The van der Waals surface area contributed by atoms with Crippen LogP contribution in [0.3, 0.4) is 0 Å². The Morgan fingerprint density at radius 2 is 2.15 bits per heavy atom. The van der Waals surface area contributed by atoms with Crippen molar-refractivity contribution in [2.75, 3.05) is 0 Å². The molecule has 0 fully saturated rings. The Morgan fingerprint density at radius 1 is 1.54 bits per heavy atom. The number of hydrogen-bond donors (Lipinski definition) is 0. The minimum Gasteiger partial charge on any atom is -0.276 e. The van der Waals surface area contributed by atoms with E-state index in [1.807, 2.05) is 0 Å². The molecule has 0 bridgehead atoms. The molecule has 0 spiro atoms. The van der Waals surface area contributed by atoms with Crippen LogP contribution in [0.5, 0.6) is 0 Å².